The molecule has 3 rings (SSSR count). The minimum absolute atomic E-state index is 0.109. The van der Waals surface area contributed by atoms with Crippen molar-refractivity contribution in [1.82, 2.24) is 15.3 Å². The summed E-state index contributed by atoms with van der Waals surface area (Å²) in [4.78, 5) is 20.1. The first-order valence-corrected chi connectivity index (χ1v) is 8.22. The molecule has 0 fully saturated rings. The van der Waals surface area contributed by atoms with Crippen molar-refractivity contribution in [1.29, 1.82) is 0 Å². The Hall–Kier alpha value is -1.58. The van der Waals surface area contributed by atoms with Gasteiger partial charge in [0.1, 0.15) is 5.82 Å². The number of H-pyrrole nitrogens is 1. The van der Waals surface area contributed by atoms with E-state index >= 15 is 0 Å². The number of aryl methyl sites for hydroxylation is 2. The molecular formula is C17H25N3O. The SMILES string of the molecule is Cc1nc2c([nH]1)C[C@H](C(=O)NCCC1=CCCCC1)CC2. The summed E-state index contributed by atoms with van der Waals surface area (Å²) in [6.45, 7) is 2.77. The second-order valence-corrected chi connectivity index (χ2v) is 6.34. The molecule has 1 atom stereocenters. The third-order valence-electron chi connectivity index (χ3n) is 4.66. The van der Waals surface area contributed by atoms with Crippen LogP contribution in [0.5, 0.6) is 0 Å². The first kappa shape index (κ1) is 14.4. The van der Waals surface area contributed by atoms with Gasteiger partial charge in [-0.05, 0) is 51.9 Å². The van der Waals surface area contributed by atoms with Gasteiger partial charge in [-0.2, -0.15) is 0 Å². The van der Waals surface area contributed by atoms with E-state index in [0.29, 0.717) is 0 Å². The summed E-state index contributed by atoms with van der Waals surface area (Å²) in [5.41, 5.74) is 3.84. The molecule has 4 heteroatoms. The van der Waals surface area contributed by atoms with Gasteiger partial charge in [0.05, 0.1) is 5.69 Å². The molecule has 0 spiro atoms. The Labute approximate surface area is 126 Å². The number of imidazole rings is 1. The molecule has 0 bridgehead atoms. The molecular weight excluding hydrogens is 262 g/mol. The molecule has 2 aliphatic rings. The Kier molecular flexibility index (Phi) is 4.42. The van der Waals surface area contributed by atoms with Crippen molar-refractivity contribution in [2.75, 3.05) is 6.54 Å². The first-order chi connectivity index (χ1) is 10.2. The van der Waals surface area contributed by atoms with Gasteiger partial charge in [-0.3, -0.25) is 4.79 Å². The van der Waals surface area contributed by atoms with Crippen LogP contribution in [0.25, 0.3) is 0 Å². The van der Waals surface area contributed by atoms with Crippen molar-refractivity contribution in [2.24, 2.45) is 5.92 Å². The van der Waals surface area contributed by atoms with Crippen LogP contribution in [0.2, 0.25) is 0 Å². The van der Waals surface area contributed by atoms with Crippen LogP contribution in [-0.4, -0.2) is 22.4 Å². The number of hydrogen-bond acceptors (Lipinski definition) is 2. The Morgan fingerprint density at radius 3 is 3.14 bits per heavy atom. The molecule has 114 valence electrons. The second kappa shape index (κ2) is 6.46. The van der Waals surface area contributed by atoms with Crippen molar-refractivity contribution in [3.05, 3.63) is 28.9 Å². The van der Waals surface area contributed by atoms with Crippen molar-refractivity contribution in [3.63, 3.8) is 0 Å². The van der Waals surface area contributed by atoms with Gasteiger partial charge in [-0.25, -0.2) is 4.98 Å². The third kappa shape index (κ3) is 3.55. The maximum atomic E-state index is 12.3. The van der Waals surface area contributed by atoms with E-state index in [4.69, 9.17) is 0 Å². The summed E-state index contributed by atoms with van der Waals surface area (Å²) in [6, 6.07) is 0. The topological polar surface area (TPSA) is 57.8 Å². The highest BCUT2D eigenvalue weighted by atomic mass is 16.1. The average molecular weight is 287 g/mol. The number of carbonyl (C=O) groups excluding carboxylic acids is 1. The maximum Gasteiger partial charge on any atom is 0.223 e. The molecule has 2 N–H and O–H groups in total. The van der Waals surface area contributed by atoms with E-state index in [-0.39, 0.29) is 11.8 Å². The fourth-order valence-corrected chi connectivity index (χ4v) is 3.47. The zero-order valence-electron chi connectivity index (χ0n) is 12.9. The average Bonchev–Trinajstić information content (AvgIpc) is 2.87. The summed E-state index contributed by atoms with van der Waals surface area (Å²) >= 11 is 0. The minimum atomic E-state index is 0.109. The normalized spacial score (nSPS) is 21.6. The van der Waals surface area contributed by atoms with Crippen molar-refractivity contribution in [2.45, 2.75) is 58.3 Å². The van der Waals surface area contributed by atoms with E-state index in [9.17, 15) is 4.79 Å². The number of aromatic amines is 1. The predicted octanol–water partition coefficient (Wildman–Crippen LogP) is 2.83. The molecule has 4 nitrogen and oxygen atoms in total. The largest absolute Gasteiger partial charge is 0.356 e. The molecule has 0 unspecified atom stereocenters. The lowest BCUT2D eigenvalue weighted by Crippen LogP contribution is -2.34. The number of fused-ring (bicyclic) bond motifs is 1. The molecule has 1 amide bonds. The van der Waals surface area contributed by atoms with Crippen LogP contribution in [0.1, 0.15) is 55.7 Å². The molecule has 21 heavy (non-hydrogen) atoms. The molecule has 0 radical (unpaired) electrons. The quantitative estimate of drug-likeness (QED) is 0.837. The summed E-state index contributed by atoms with van der Waals surface area (Å²) < 4.78 is 0. The Morgan fingerprint density at radius 1 is 1.43 bits per heavy atom. The van der Waals surface area contributed by atoms with Crippen LogP contribution >= 0.6 is 0 Å². The van der Waals surface area contributed by atoms with Gasteiger partial charge < -0.3 is 10.3 Å². The predicted molar refractivity (Wildman–Crippen MR) is 83.0 cm³/mol. The van der Waals surface area contributed by atoms with Crippen LogP contribution in [0.4, 0.5) is 0 Å². The number of amides is 1. The standard InChI is InChI=1S/C17H25N3O/c1-12-19-15-8-7-14(11-16(15)20-12)17(21)18-10-9-13-5-3-2-4-6-13/h5,14H,2-4,6-11H2,1H3,(H,18,21)(H,19,20)/t14-/m1/s1. The summed E-state index contributed by atoms with van der Waals surface area (Å²) in [5.74, 6) is 1.28. The van der Waals surface area contributed by atoms with Crippen molar-refractivity contribution in [3.8, 4) is 0 Å². The number of rotatable bonds is 4. The molecule has 1 heterocycles. The highest BCUT2D eigenvalue weighted by Crippen LogP contribution is 2.24. The monoisotopic (exact) mass is 287 g/mol. The smallest absolute Gasteiger partial charge is 0.223 e. The Bertz CT molecular complexity index is 544. The van der Waals surface area contributed by atoms with Gasteiger partial charge in [0.15, 0.2) is 0 Å². The Balaban J connectivity index is 1.47. The zero-order valence-corrected chi connectivity index (χ0v) is 12.9. The molecule has 0 aliphatic heterocycles. The second-order valence-electron chi connectivity index (χ2n) is 6.34. The third-order valence-corrected chi connectivity index (χ3v) is 4.66. The lowest BCUT2D eigenvalue weighted by molar-refractivity contribution is -0.125. The highest BCUT2D eigenvalue weighted by Gasteiger charge is 2.26. The van der Waals surface area contributed by atoms with E-state index in [0.717, 1.165) is 49.4 Å². The van der Waals surface area contributed by atoms with Gasteiger partial charge in [0, 0.05) is 24.6 Å². The van der Waals surface area contributed by atoms with E-state index in [1.165, 1.54) is 31.3 Å². The van der Waals surface area contributed by atoms with Gasteiger partial charge in [0.2, 0.25) is 5.91 Å². The molecule has 1 aromatic rings. The van der Waals surface area contributed by atoms with E-state index in [1.54, 1.807) is 0 Å². The Morgan fingerprint density at radius 2 is 2.33 bits per heavy atom. The van der Waals surface area contributed by atoms with Gasteiger partial charge in [-0.1, -0.05) is 11.6 Å². The van der Waals surface area contributed by atoms with Crippen LogP contribution in [-0.2, 0) is 17.6 Å². The number of carbonyl (C=O) groups is 1. The number of aromatic nitrogens is 2. The van der Waals surface area contributed by atoms with E-state index < -0.39 is 0 Å². The summed E-state index contributed by atoms with van der Waals surface area (Å²) in [6.07, 6.45) is 11.1. The lowest BCUT2D eigenvalue weighted by atomic mass is 9.89. The molecule has 0 saturated carbocycles. The number of nitrogens with one attached hydrogen (secondary N) is 2. The van der Waals surface area contributed by atoms with Crippen LogP contribution in [0, 0.1) is 12.8 Å². The molecule has 0 aromatic carbocycles. The lowest BCUT2D eigenvalue weighted by Gasteiger charge is -2.21. The van der Waals surface area contributed by atoms with Gasteiger partial charge in [0.25, 0.3) is 0 Å². The van der Waals surface area contributed by atoms with E-state index in [2.05, 4.69) is 21.4 Å². The summed E-state index contributed by atoms with van der Waals surface area (Å²) in [7, 11) is 0. The fraction of sp³-hybridized carbons (Fsp3) is 0.647. The maximum absolute atomic E-state index is 12.3. The van der Waals surface area contributed by atoms with Crippen molar-refractivity contribution < 1.29 is 4.79 Å². The molecule has 2 aliphatic carbocycles. The minimum Gasteiger partial charge on any atom is -0.356 e. The number of nitrogens with zero attached hydrogens (tertiary/aromatic N) is 1. The number of hydrogen-bond donors (Lipinski definition) is 2. The first-order valence-electron chi connectivity index (χ1n) is 8.22. The van der Waals surface area contributed by atoms with Crippen LogP contribution < -0.4 is 5.32 Å². The fourth-order valence-electron chi connectivity index (χ4n) is 3.47. The molecule has 0 saturated heterocycles. The van der Waals surface area contributed by atoms with Crippen LogP contribution in [0.3, 0.4) is 0 Å². The van der Waals surface area contributed by atoms with Crippen LogP contribution in [0.15, 0.2) is 11.6 Å². The number of allylic oxidation sites excluding steroid dienone is 1. The highest BCUT2D eigenvalue weighted by molar-refractivity contribution is 5.79. The zero-order chi connectivity index (χ0) is 14.7. The summed E-state index contributed by atoms with van der Waals surface area (Å²) in [5, 5.41) is 3.12. The van der Waals surface area contributed by atoms with Gasteiger partial charge >= 0.3 is 0 Å². The molecule has 1 aromatic heterocycles. The van der Waals surface area contributed by atoms with E-state index in [1.807, 2.05) is 6.92 Å². The van der Waals surface area contributed by atoms with Crippen molar-refractivity contribution >= 4 is 5.91 Å². The van der Waals surface area contributed by atoms with Gasteiger partial charge in [-0.15, -0.1) is 0 Å².